The van der Waals surface area contributed by atoms with Crippen LogP contribution in [0.4, 0.5) is 20.8 Å². The lowest BCUT2D eigenvalue weighted by Crippen LogP contribution is -2.37. The highest BCUT2D eigenvalue weighted by Gasteiger charge is 2.36. The molecule has 14 heteroatoms. The van der Waals surface area contributed by atoms with Gasteiger partial charge in [0.15, 0.2) is 5.82 Å². The number of hydrogen-bond donors (Lipinski definition) is 3. The van der Waals surface area contributed by atoms with Crippen molar-refractivity contribution in [3.05, 3.63) is 41.4 Å². The molecule has 1 amide bonds. The average molecular weight is 566 g/mol. The highest BCUT2D eigenvalue weighted by Crippen LogP contribution is 2.38. The van der Waals surface area contributed by atoms with Crippen molar-refractivity contribution in [1.29, 1.82) is 0 Å². The van der Waals surface area contributed by atoms with E-state index in [2.05, 4.69) is 35.2 Å². The lowest BCUT2D eigenvalue weighted by Gasteiger charge is -2.14. The second kappa shape index (κ2) is 11.1. The van der Waals surface area contributed by atoms with Gasteiger partial charge in [0.1, 0.15) is 5.69 Å². The van der Waals surface area contributed by atoms with Crippen LogP contribution < -0.4 is 15.4 Å². The highest BCUT2D eigenvalue weighted by atomic mass is 35.5. The molecule has 38 heavy (non-hydrogen) atoms. The van der Waals surface area contributed by atoms with Gasteiger partial charge in [-0.1, -0.05) is 11.6 Å². The molecule has 4 rings (SSSR count). The summed E-state index contributed by atoms with van der Waals surface area (Å²) in [4.78, 5) is 20.2. The van der Waals surface area contributed by atoms with Crippen molar-refractivity contribution >= 4 is 39.4 Å². The molecule has 1 fully saturated rings. The maximum atomic E-state index is 15.8. The molecule has 0 spiro atoms. The van der Waals surface area contributed by atoms with Crippen molar-refractivity contribution in [3.8, 4) is 22.5 Å². The van der Waals surface area contributed by atoms with Crippen LogP contribution in [0.25, 0.3) is 22.5 Å². The maximum Gasteiger partial charge on any atom is 0.407 e. The first-order valence-corrected chi connectivity index (χ1v) is 13.9. The second-order valence-electron chi connectivity index (χ2n) is 9.31. The summed E-state index contributed by atoms with van der Waals surface area (Å²) in [6.45, 7) is 5.96. The molecule has 0 saturated heterocycles. The number of rotatable bonds is 10. The first-order valence-electron chi connectivity index (χ1n) is 12.0. The Morgan fingerprint density at radius 3 is 2.66 bits per heavy atom. The molecule has 1 saturated carbocycles. The van der Waals surface area contributed by atoms with E-state index in [4.69, 9.17) is 11.6 Å². The number of nitrogens with one attached hydrogen (secondary N) is 3. The number of benzene rings is 1. The molecule has 1 aliphatic carbocycles. The van der Waals surface area contributed by atoms with Gasteiger partial charge < -0.3 is 15.4 Å². The zero-order valence-corrected chi connectivity index (χ0v) is 22.9. The van der Waals surface area contributed by atoms with Crippen LogP contribution in [0.15, 0.2) is 30.6 Å². The zero-order chi connectivity index (χ0) is 27.6. The second-order valence-corrected chi connectivity index (χ2v) is 11.7. The van der Waals surface area contributed by atoms with Crippen molar-refractivity contribution in [3.63, 3.8) is 0 Å². The van der Waals surface area contributed by atoms with E-state index < -0.39 is 27.2 Å². The van der Waals surface area contributed by atoms with Gasteiger partial charge in [-0.25, -0.2) is 27.6 Å². The number of carbonyl (C=O) groups is 1. The van der Waals surface area contributed by atoms with E-state index in [1.165, 1.54) is 19.2 Å². The van der Waals surface area contributed by atoms with Gasteiger partial charge in [-0.3, -0.25) is 9.40 Å². The van der Waals surface area contributed by atoms with Crippen molar-refractivity contribution < 1.29 is 22.3 Å². The molecule has 0 bridgehead atoms. The summed E-state index contributed by atoms with van der Waals surface area (Å²) >= 11 is 6.30. The lowest BCUT2D eigenvalue weighted by atomic mass is 10.0. The minimum absolute atomic E-state index is 0.0319. The number of carbonyl (C=O) groups excluding carboxylic acids is 1. The Bertz CT molecular complexity index is 1440. The highest BCUT2D eigenvalue weighted by molar-refractivity contribution is 7.93. The number of nitrogens with zero attached hydrogens (tertiary/aromatic N) is 4. The Balaban J connectivity index is 1.70. The summed E-state index contributed by atoms with van der Waals surface area (Å²) in [5.41, 5.74) is 1.00. The predicted molar refractivity (Wildman–Crippen MR) is 143 cm³/mol. The van der Waals surface area contributed by atoms with Crippen molar-refractivity contribution in [2.24, 2.45) is 0 Å². The molecule has 3 N–H and O–H groups in total. The molecular formula is C24H29ClFN7O4S. The molecule has 1 aliphatic rings. The Kier molecular flexibility index (Phi) is 8.07. The summed E-state index contributed by atoms with van der Waals surface area (Å²) in [5, 5.41) is 9.90. The quantitative estimate of drug-likeness (QED) is 0.328. The SMILES string of the molecule is COC(=O)N[C@@H](C)CNc1nccc(-c2cn(C(C)C)nc2-c2cc(Cl)cc(NS(=O)(=O)C3CC3)c2F)n1. The van der Waals surface area contributed by atoms with Crippen LogP contribution in [0.5, 0.6) is 0 Å². The van der Waals surface area contributed by atoms with Gasteiger partial charge in [-0.15, -0.1) is 0 Å². The minimum atomic E-state index is -3.71. The van der Waals surface area contributed by atoms with E-state index in [9.17, 15) is 13.2 Å². The number of alkyl carbamates (subject to hydrolysis) is 1. The third kappa shape index (κ3) is 6.33. The fraction of sp³-hybridized carbons (Fsp3) is 0.417. The first-order chi connectivity index (χ1) is 18.0. The van der Waals surface area contributed by atoms with Gasteiger partial charge in [0.05, 0.1) is 23.7 Å². The largest absolute Gasteiger partial charge is 0.453 e. The predicted octanol–water partition coefficient (Wildman–Crippen LogP) is 4.44. The number of ether oxygens (including phenoxy) is 1. The van der Waals surface area contributed by atoms with Crippen molar-refractivity contribution in [2.45, 2.75) is 50.9 Å². The maximum absolute atomic E-state index is 15.8. The monoisotopic (exact) mass is 565 g/mol. The first kappa shape index (κ1) is 27.6. The van der Waals surface area contributed by atoms with Crippen LogP contribution in [-0.4, -0.2) is 59.2 Å². The van der Waals surface area contributed by atoms with Crippen molar-refractivity contribution in [1.82, 2.24) is 25.1 Å². The molecule has 11 nitrogen and oxygen atoms in total. The van der Waals surface area contributed by atoms with E-state index in [1.807, 2.05) is 13.8 Å². The zero-order valence-electron chi connectivity index (χ0n) is 21.3. The van der Waals surface area contributed by atoms with E-state index in [0.29, 0.717) is 30.6 Å². The number of methoxy groups -OCH3 is 1. The Morgan fingerprint density at radius 1 is 1.26 bits per heavy atom. The number of amides is 1. The lowest BCUT2D eigenvalue weighted by molar-refractivity contribution is 0.168. The van der Waals surface area contributed by atoms with E-state index in [0.717, 1.165) is 0 Å². The van der Waals surface area contributed by atoms with E-state index >= 15 is 4.39 Å². The smallest absolute Gasteiger partial charge is 0.407 e. The third-order valence-electron chi connectivity index (χ3n) is 5.82. The third-order valence-corrected chi connectivity index (χ3v) is 7.89. The Morgan fingerprint density at radius 2 is 2.00 bits per heavy atom. The van der Waals surface area contributed by atoms with E-state index in [1.54, 1.807) is 30.1 Å². The molecule has 3 aromatic rings. The normalized spacial score (nSPS) is 14.3. The molecule has 0 radical (unpaired) electrons. The van der Waals surface area contributed by atoms with Crippen LogP contribution >= 0.6 is 11.6 Å². The molecule has 2 heterocycles. The van der Waals surface area contributed by atoms with Gasteiger partial charge in [-0.05, 0) is 51.8 Å². The number of halogens is 2. The molecule has 0 unspecified atom stereocenters. The van der Waals surface area contributed by atoms with Gasteiger partial charge >= 0.3 is 6.09 Å². The Hall–Kier alpha value is -3.45. The van der Waals surface area contributed by atoms with Crippen molar-refractivity contribution in [2.75, 3.05) is 23.7 Å². The van der Waals surface area contributed by atoms with Crippen LogP contribution in [0.3, 0.4) is 0 Å². The molecule has 0 aliphatic heterocycles. The summed E-state index contributed by atoms with van der Waals surface area (Å²) < 4.78 is 49.3. The average Bonchev–Trinajstić information content (AvgIpc) is 3.64. The molecule has 1 atom stereocenters. The minimum Gasteiger partial charge on any atom is -0.453 e. The molecule has 2 aromatic heterocycles. The summed E-state index contributed by atoms with van der Waals surface area (Å²) in [6, 6.07) is 3.99. The van der Waals surface area contributed by atoms with Crippen LogP contribution in [0.2, 0.25) is 5.02 Å². The molecular weight excluding hydrogens is 537 g/mol. The number of sulfonamides is 1. The molecule has 1 aromatic carbocycles. The number of aromatic nitrogens is 4. The van der Waals surface area contributed by atoms with E-state index in [-0.39, 0.29) is 40.0 Å². The summed E-state index contributed by atoms with van der Waals surface area (Å²) in [6.07, 6.45) is 3.80. The Labute approximate surface area is 225 Å². The number of anilines is 2. The topological polar surface area (TPSA) is 140 Å². The van der Waals surface area contributed by atoms with Gasteiger partial charge in [0.2, 0.25) is 16.0 Å². The van der Waals surface area contributed by atoms with Gasteiger partial charge in [-0.2, -0.15) is 5.10 Å². The van der Waals surface area contributed by atoms with Gasteiger partial charge in [0.25, 0.3) is 0 Å². The standard InChI is InChI=1S/C24H29ClFN7O4S/c1-13(2)33-12-18(19-7-8-27-23(30-19)28-11-14(3)29-24(34)37-4)22(31-33)17-9-15(25)10-20(21(17)26)32-38(35,36)16-5-6-16/h7-10,12-14,16,32H,5-6,11H2,1-4H3,(H,29,34)(H,27,28,30)/t14-/m0/s1. The fourth-order valence-corrected chi connectivity index (χ4v) is 5.24. The summed E-state index contributed by atoms with van der Waals surface area (Å²) in [5.74, 6) is -0.502. The fourth-order valence-electron chi connectivity index (χ4n) is 3.64. The number of hydrogen-bond acceptors (Lipinski definition) is 8. The van der Waals surface area contributed by atoms with Crippen LogP contribution in [0, 0.1) is 5.82 Å². The summed E-state index contributed by atoms with van der Waals surface area (Å²) in [7, 11) is -2.43. The van der Waals surface area contributed by atoms with Crippen LogP contribution in [0.1, 0.15) is 39.7 Å². The molecule has 204 valence electrons. The van der Waals surface area contributed by atoms with Gasteiger partial charge in [0, 0.05) is 47.2 Å². The van der Waals surface area contributed by atoms with Crippen LogP contribution in [-0.2, 0) is 14.8 Å².